The second-order valence-electron chi connectivity index (χ2n) is 6.67. The SMILES string of the molecule is Cc1cc(-c2nc3n(c2-c2ccc4nccn4c2)CCC3)c(F)cc1F. The van der Waals surface area contributed by atoms with Gasteiger partial charge in [0.05, 0.1) is 11.4 Å². The van der Waals surface area contributed by atoms with Crippen molar-refractivity contribution in [1.82, 2.24) is 18.9 Å². The highest BCUT2D eigenvalue weighted by atomic mass is 19.1. The minimum Gasteiger partial charge on any atom is -0.327 e. The lowest BCUT2D eigenvalue weighted by Gasteiger charge is -2.10. The van der Waals surface area contributed by atoms with E-state index in [1.807, 2.05) is 28.9 Å². The molecule has 130 valence electrons. The number of benzene rings is 1. The zero-order valence-corrected chi connectivity index (χ0v) is 14.2. The van der Waals surface area contributed by atoms with Crippen molar-refractivity contribution in [3.8, 4) is 22.5 Å². The topological polar surface area (TPSA) is 35.1 Å². The van der Waals surface area contributed by atoms with E-state index in [0.717, 1.165) is 48.2 Å². The first-order valence-electron chi connectivity index (χ1n) is 8.60. The lowest BCUT2D eigenvalue weighted by atomic mass is 10.0. The van der Waals surface area contributed by atoms with Gasteiger partial charge in [-0.1, -0.05) is 0 Å². The fourth-order valence-electron chi connectivity index (χ4n) is 3.71. The van der Waals surface area contributed by atoms with Crippen LogP contribution in [0.5, 0.6) is 0 Å². The Morgan fingerprint density at radius 2 is 2.00 bits per heavy atom. The van der Waals surface area contributed by atoms with Crippen LogP contribution in [0.15, 0.2) is 42.9 Å². The van der Waals surface area contributed by atoms with E-state index in [4.69, 9.17) is 4.98 Å². The van der Waals surface area contributed by atoms with Gasteiger partial charge < -0.3 is 8.97 Å². The molecule has 4 nitrogen and oxygen atoms in total. The van der Waals surface area contributed by atoms with Crippen molar-refractivity contribution in [3.63, 3.8) is 0 Å². The Morgan fingerprint density at radius 1 is 1.12 bits per heavy atom. The van der Waals surface area contributed by atoms with Crippen LogP contribution in [0, 0.1) is 18.6 Å². The van der Waals surface area contributed by atoms with E-state index < -0.39 is 11.6 Å². The number of fused-ring (bicyclic) bond motifs is 2. The van der Waals surface area contributed by atoms with Gasteiger partial charge >= 0.3 is 0 Å². The number of hydrogen-bond donors (Lipinski definition) is 0. The Kier molecular flexibility index (Phi) is 3.22. The third-order valence-corrected chi connectivity index (χ3v) is 4.99. The molecule has 0 atom stereocenters. The summed E-state index contributed by atoms with van der Waals surface area (Å²) in [5, 5.41) is 0. The largest absolute Gasteiger partial charge is 0.327 e. The zero-order chi connectivity index (χ0) is 17.8. The number of halogens is 2. The number of aryl methyl sites for hydroxylation is 2. The first kappa shape index (κ1) is 15.3. The van der Waals surface area contributed by atoms with Gasteiger partial charge in [0, 0.05) is 48.7 Å². The predicted octanol–water partition coefficient (Wildman–Crippen LogP) is 4.40. The minimum absolute atomic E-state index is 0.339. The molecule has 0 N–H and O–H groups in total. The zero-order valence-electron chi connectivity index (χ0n) is 14.2. The van der Waals surface area contributed by atoms with Crippen LogP contribution in [0.1, 0.15) is 17.8 Å². The van der Waals surface area contributed by atoms with Gasteiger partial charge in [-0.2, -0.15) is 0 Å². The van der Waals surface area contributed by atoms with E-state index in [2.05, 4.69) is 9.55 Å². The van der Waals surface area contributed by atoms with Crippen molar-refractivity contribution in [3.05, 3.63) is 65.9 Å². The van der Waals surface area contributed by atoms with Crippen LogP contribution in [0.3, 0.4) is 0 Å². The molecular weight excluding hydrogens is 334 g/mol. The summed E-state index contributed by atoms with van der Waals surface area (Å²) in [5.74, 6) is -0.184. The van der Waals surface area contributed by atoms with E-state index in [-0.39, 0.29) is 0 Å². The van der Waals surface area contributed by atoms with Crippen LogP contribution in [-0.2, 0) is 13.0 Å². The molecule has 0 saturated carbocycles. The summed E-state index contributed by atoms with van der Waals surface area (Å²) in [6, 6.07) is 6.39. The van der Waals surface area contributed by atoms with Crippen molar-refractivity contribution < 1.29 is 8.78 Å². The molecule has 0 amide bonds. The van der Waals surface area contributed by atoms with E-state index in [1.54, 1.807) is 19.2 Å². The quantitative estimate of drug-likeness (QED) is 0.537. The number of nitrogens with zero attached hydrogens (tertiary/aromatic N) is 4. The summed E-state index contributed by atoms with van der Waals surface area (Å²) in [6.07, 6.45) is 7.48. The molecule has 1 aromatic carbocycles. The van der Waals surface area contributed by atoms with Crippen molar-refractivity contribution in [1.29, 1.82) is 0 Å². The van der Waals surface area contributed by atoms with Crippen LogP contribution in [-0.4, -0.2) is 18.9 Å². The van der Waals surface area contributed by atoms with Gasteiger partial charge in [-0.3, -0.25) is 0 Å². The van der Waals surface area contributed by atoms with Crippen LogP contribution in [0.4, 0.5) is 8.78 Å². The number of pyridine rings is 1. The van der Waals surface area contributed by atoms with Crippen LogP contribution in [0.25, 0.3) is 28.2 Å². The fraction of sp³-hybridized carbons (Fsp3) is 0.200. The van der Waals surface area contributed by atoms with Gasteiger partial charge in [-0.05, 0) is 37.1 Å². The fourth-order valence-corrected chi connectivity index (χ4v) is 3.71. The lowest BCUT2D eigenvalue weighted by molar-refractivity contribution is 0.579. The van der Waals surface area contributed by atoms with E-state index >= 15 is 0 Å². The summed E-state index contributed by atoms with van der Waals surface area (Å²) in [4.78, 5) is 8.98. The third-order valence-electron chi connectivity index (χ3n) is 4.99. The molecule has 4 aromatic rings. The molecule has 0 saturated heterocycles. The number of aromatic nitrogens is 4. The van der Waals surface area contributed by atoms with E-state index in [1.165, 1.54) is 0 Å². The highest BCUT2D eigenvalue weighted by Gasteiger charge is 2.25. The molecule has 4 heterocycles. The van der Waals surface area contributed by atoms with Crippen LogP contribution >= 0.6 is 0 Å². The summed E-state index contributed by atoms with van der Waals surface area (Å²) in [6.45, 7) is 2.49. The molecule has 0 spiro atoms. The van der Waals surface area contributed by atoms with Crippen molar-refractivity contribution >= 4 is 5.65 Å². The van der Waals surface area contributed by atoms with Gasteiger partial charge in [-0.15, -0.1) is 0 Å². The maximum Gasteiger partial charge on any atom is 0.136 e. The molecule has 0 aliphatic carbocycles. The Labute approximate surface area is 148 Å². The first-order chi connectivity index (χ1) is 12.6. The molecule has 0 unspecified atom stereocenters. The van der Waals surface area contributed by atoms with Crippen molar-refractivity contribution in [2.75, 3.05) is 0 Å². The molecular formula is C20H16F2N4. The summed E-state index contributed by atoms with van der Waals surface area (Å²) >= 11 is 0. The summed E-state index contributed by atoms with van der Waals surface area (Å²) < 4.78 is 32.4. The third kappa shape index (κ3) is 2.18. The summed E-state index contributed by atoms with van der Waals surface area (Å²) in [7, 11) is 0. The van der Waals surface area contributed by atoms with Crippen molar-refractivity contribution in [2.45, 2.75) is 26.3 Å². The number of hydrogen-bond acceptors (Lipinski definition) is 2. The normalized spacial score (nSPS) is 13.5. The lowest BCUT2D eigenvalue weighted by Crippen LogP contribution is -1.99. The standard InChI is InChI=1S/C20H16F2N4/c1-12-9-14(16(22)10-15(12)21)19-20(26-7-2-3-18(26)24-19)13-4-5-17-23-6-8-25(17)11-13/h4-6,8-11H,2-3,7H2,1H3. The molecule has 3 aromatic heterocycles. The molecule has 0 fully saturated rings. The van der Waals surface area contributed by atoms with Crippen LogP contribution < -0.4 is 0 Å². The molecule has 6 heteroatoms. The van der Waals surface area contributed by atoms with Gasteiger partial charge in [-0.25, -0.2) is 18.7 Å². The molecule has 1 aliphatic rings. The Hall–Kier alpha value is -3.02. The Balaban J connectivity index is 1.78. The Morgan fingerprint density at radius 3 is 2.88 bits per heavy atom. The van der Waals surface area contributed by atoms with Gasteiger partial charge in [0.25, 0.3) is 0 Å². The van der Waals surface area contributed by atoms with Gasteiger partial charge in [0.2, 0.25) is 0 Å². The average molecular weight is 350 g/mol. The monoisotopic (exact) mass is 350 g/mol. The number of rotatable bonds is 2. The smallest absolute Gasteiger partial charge is 0.136 e. The second-order valence-corrected chi connectivity index (χ2v) is 6.67. The van der Waals surface area contributed by atoms with E-state index in [0.29, 0.717) is 16.8 Å². The highest BCUT2D eigenvalue weighted by Crippen LogP contribution is 2.37. The highest BCUT2D eigenvalue weighted by molar-refractivity contribution is 5.80. The summed E-state index contributed by atoms with van der Waals surface area (Å²) in [5.41, 5.74) is 3.97. The minimum atomic E-state index is -0.588. The molecule has 0 bridgehead atoms. The molecule has 0 radical (unpaired) electrons. The maximum absolute atomic E-state index is 14.6. The van der Waals surface area contributed by atoms with Crippen molar-refractivity contribution in [2.24, 2.45) is 0 Å². The molecule has 26 heavy (non-hydrogen) atoms. The van der Waals surface area contributed by atoms with Gasteiger partial charge in [0.1, 0.15) is 23.1 Å². The second kappa shape index (κ2) is 5.49. The number of imidazole rings is 2. The van der Waals surface area contributed by atoms with Gasteiger partial charge in [0.15, 0.2) is 0 Å². The predicted molar refractivity (Wildman–Crippen MR) is 94.8 cm³/mol. The van der Waals surface area contributed by atoms with Crippen LogP contribution in [0.2, 0.25) is 0 Å². The first-order valence-corrected chi connectivity index (χ1v) is 8.60. The molecule has 5 rings (SSSR count). The molecule has 1 aliphatic heterocycles. The average Bonchev–Trinajstić information content (AvgIpc) is 3.32. The Bertz CT molecular complexity index is 1160. The van der Waals surface area contributed by atoms with E-state index in [9.17, 15) is 8.78 Å². The maximum atomic E-state index is 14.6.